The Labute approximate surface area is 143 Å². The molecule has 0 radical (unpaired) electrons. The zero-order valence-corrected chi connectivity index (χ0v) is 13.5. The van der Waals surface area contributed by atoms with Crippen molar-refractivity contribution in [3.63, 3.8) is 0 Å². The molecule has 2 aromatic rings. The number of ether oxygens (including phenoxy) is 1. The van der Waals surface area contributed by atoms with Crippen LogP contribution in [0.1, 0.15) is 22.5 Å². The topological polar surface area (TPSA) is 118 Å². The first-order valence-corrected chi connectivity index (χ1v) is 7.47. The fraction of sp³-hybridized carbons (Fsp3) is 0.235. The van der Waals surface area contributed by atoms with E-state index in [-0.39, 0.29) is 24.2 Å². The monoisotopic (exact) mass is 346 g/mol. The molecule has 0 saturated carbocycles. The van der Waals surface area contributed by atoms with Gasteiger partial charge in [0.2, 0.25) is 5.91 Å². The van der Waals surface area contributed by atoms with Gasteiger partial charge in [0.15, 0.2) is 0 Å². The fourth-order valence-corrected chi connectivity index (χ4v) is 2.15. The van der Waals surface area contributed by atoms with Crippen molar-refractivity contribution in [3.05, 3.63) is 54.0 Å². The third-order valence-corrected chi connectivity index (χ3v) is 3.40. The lowest BCUT2D eigenvalue weighted by molar-refractivity contribution is -0.141. The van der Waals surface area contributed by atoms with Gasteiger partial charge in [-0.1, -0.05) is 12.1 Å². The van der Waals surface area contributed by atoms with Gasteiger partial charge in [0, 0.05) is 0 Å². The van der Waals surface area contributed by atoms with Crippen LogP contribution >= 0.6 is 0 Å². The highest BCUT2D eigenvalue weighted by molar-refractivity contribution is 6.02. The van der Waals surface area contributed by atoms with E-state index in [4.69, 9.17) is 4.42 Å². The number of nitrogens with one attached hydrogen (secondary N) is 2. The van der Waals surface area contributed by atoms with Crippen LogP contribution in [0, 0.1) is 0 Å². The molecular weight excluding hydrogens is 328 g/mol. The van der Waals surface area contributed by atoms with Crippen LogP contribution in [0.4, 0.5) is 5.69 Å². The largest absolute Gasteiger partial charge is 0.480 e. The summed E-state index contributed by atoms with van der Waals surface area (Å²) in [7, 11) is 1.24. The second-order valence-corrected chi connectivity index (χ2v) is 5.14. The Morgan fingerprint density at radius 2 is 1.96 bits per heavy atom. The minimum Gasteiger partial charge on any atom is -0.480 e. The number of carbonyl (C=O) groups excluding carboxylic acids is 2. The van der Waals surface area contributed by atoms with Crippen LogP contribution in [0.15, 0.2) is 47.1 Å². The van der Waals surface area contributed by atoms with E-state index in [0.717, 1.165) is 0 Å². The number of anilines is 1. The van der Waals surface area contributed by atoms with Crippen LogP contribution in [-0.4, -0.2) is 36.1 Å². The van der Waals surface area contributed by atoms with E-state index in [9.17, 15) is 19.5 Å². The van der Waals surface area contributed by atoms with Crippen molar-refractivity contribution in [2.75, 3.05) is 12.4 Å². The maximum absolute atomic E-state index is 12.2. The molecule has 0 bridgehead atoms. The Kier molecular flexibility index (Phi) is 6.30. The number of furan rings is 1. The van der Waals surface area contributed by atoms with Gasteiger partial charge in [-0.3, -0.25) is 14.9 Å². The predicted molar refractivity (Wildman–Crippen MR) is 88.0 cm³/mol. The number of aliphatic carboxylic acids is 1. The fourth-order valence-electron chi connectivity index (χ4n) is 2.15. The predicted octanol–water partition coefficient (Wildman–Crippen LogP) is 1.64. The average Bonchev–Trinajstić information content (AvgIpc) is 3.11. The lowest BCUT2D eigenvalue weighted by Gasteiger charge is -2.14. The van der Waals surface area contributed by atoms with E-state index in [1.54, 1.807) is 24.3 Å². The van der Waals surface area contributed by atoms with Gasteiger partial charge in [0.1, 0.15) is 11.8 Å². The average molecular weight is 346 g/mol. The number of hydrogen-bond acceptors (Lipinski definition) is 6. The summed E-state index contributed by atoms with van der Waals surface area (Å²) >= 11 is 0. The molecular formula is C17H18N2O6. The lowest BCUT2D eigenvalue weighted by Crippen LogP contribution is -2.39. The first kappa shape index (κ1) is 18.2. The van der Waals surface area contributed by atoms with Crippen molar-refractivity contribution in [1.82, 2.24) is 5.32 Å². The SMILES string of the molecule is COC(=O)c1ccccc1NC(=O)CC(NCc1ccco1)C(=O)O. The number of esters is 1. The number of rotatable bonds is 8. The highest BCUT2D eigenvalue weighted by Crippen LogP contribution is 2.16. The van der Waals surface area contributed by atoms with Crippen molar-refractivity contribution in [2.45, 2.75) is 19.0 Å². The molecule has 2 rings (SSSR count). The summed E-state index contributed by atoms with van der Waals surface area (Å²) in [5.41, 5.74) is 0.447. The summed E-state index contributed by atoms with van der Waals surface area (Å²) in [4.78, 5) is 35.2. The number of para-hydroxylation sites is 1. The summed E-state index contributed by atoms with van der Waals surface area (Å²) in [6.45, 7) is 0.177. The second kappa shape index (κ2) is 8.65. The van der Waals surface area contributed by atoms with Gasteiger partial charge in [-0.05, 0) is 24.3 Å². The number of carbonyl (C=O) groups is 3. The normalized spacial score (nSPS) is 11.6. The summed E-state index contributed by atoms with van der Waals surface area (Å²) in [5, 5.41) is 14.5. The molecule has 25 heavy (non-hydrogen) atoms. The number of carboxylic acid groups (broad SMARTS) is 1. The van der Waals surface area contributed by atoms with Gasteiger partial charge in [0.05, 0.1) is 37.6 Å². The molecule has 0 aliphatic carbocycles. The van der Waals surface area contributed by atoms with E-state index < -0.39 is 23.9 Å². The first-order chi connectivity index (χ1) is 12.0. The molecule has 3 N–H and O–H groups in total. The maximum Gasteiger partial charge on any atom is 0.339 e. The van der Waals surface area contributed by atoms with Crippen LogP contribution in [-0.2, 0) is 20.9 Å². The maximum atomic E-state index is 12.2. The molecule has 0 spiro atoms. The zero-order valence-electron chi connectivity index (χ0n) is 13.5. The number of amides is 1. The van der Waals surface area contributed by atoms with E-state index in [2.05, 4.69) is 15.4 Å². The molecule has 8 nitrogen and oxygen atoms in total. The third kappa shape index (κ3) is 5.18. The molecule has 0 saturated heterocycles. The van der Waals surface area contributed by atoms with Crippen LogP contribution in [0.3, 0.4) is 0 Å². The molecule has 0 aliphatic heterocycles. The number of hydrogen-bond donors (Lipinski definition) is 3. The smallest absolute Gasteiger partial charge is 0.339 e. The summed E-state index contributed by atoms with van der Waals surface area (Å²) in [6, 6.07) is 8.60. The van der Waals surface area contributed by atoms with Crippen molar-refractivity contribution in [3.8, 4) is 0 Å². The van der Waals surface area contributed by atoms with Gasteiger partial charge >= 0.3 is 11.9 Å². The molecule has 1 heterocycles. The van der Waals surface area contributed by atoms with Crippen LogP contribution in [0.2, 0.25) is 0 Å². The van der Waals surface area contributed by atoms with E-state index in [1.165, 1.54) is 25.5 Å². The quantitative estimate of drug-likeness (QED) is 0.622. The molecule has 0 aliphatic rings. The molecule has 0 fully saturated rings. The Hall–Kier alpha value is -3.13. The number of benzene rings is 1. The van der Waals surface area contributed by atoms with Crippen LogP contribution in [0.5, 0.6) is 0 Å². The lowest BCUT2D eigenvalue weighted by atomic mass is 10.1. The molecule has 1 aromatic heterocycles. The van der Waals surface area contributed by atoms with E-state index >= 15 is 0 Å². The number of methoxy groups -OCH3 is 1. The van der Waals surface area contributed by atoms with Crippen LogP contribution in [0.25, 0.3) is 0 Å². The summed E-state index contributed by atoms with van der Waals surface area (Å²) in [6.07, 6.45) is 1.16. The van der Waals surface area contributed by atoms with Crippen molar-refractivity contribution >= 4 is 23.5 Å². The Morgan fingerprint density at radius 3 is 2.60 bits per heavy atom. The van der Waals surface area contributed by atoms with E-state index in [1.807, 2.05) is 0 Å². The Bertz CT molecular complexity index is 741. The molecule has 132 valence electrons. The van der Waals surface area contributed by atoms with Gasteiger partial charge < -0.3 is 19.6 Å². The van der Waals surface area contributed by atoms with Gasteiger partial charge in [-0.2, -0.15) is 0 Å². The highest BCUT2D eigenvalue weighted by Gasteiger charge is 2.22. The van der Waals surface area contributed by atoms with E-state index in [0.29, 0.717) is 5.76 Å². The van der Waals surface area contributed by atoms with Crippen molar-refractivity contribution in [1.29, 1.82) is 0 Å². The van der Waals surface area contributed by atoms with Crippen molar-refractivity contribution in [2.24, 2.45) is 0 Å². The van der Waals surface area contributed by atoms with Gasteiger partial charge in [-0.15, -0.1) is 0 Å². The number of carboxylic acids is 1. The van der Waals surface area contributed by atoms with Crippen LogP contribution < -0.4 is 10.6 Å². The second-order valence-electron chi connectivity index (χ2n) is 5.14. The molecule has 1 amide bonds. The molecule has 8 heteroatoms. The van der Waals surface area contributed by atoms with Gasteiger partial charge in [-0.25, -0.2) is 4.79 Å². The minimum atomic E-state index is -1.16. The molecule has 1 aromatic carbocycles. The van der Waals surface area contributed by atoms with Crippen molar-refractivity contribution < 1.29 is 28.6 Å². The van der Waals surface area contributed by atoms with Gasteiger partial charge in [0.25, 0.3) is 0 Å². The highest BCUT2D eigenvalue weighted by atomic mass is 16.5. The molecule has 1 atom stereocenters. The minimum absolute atomic E-state index is 0.177. The first-order valence-electron chi connectivity index (χ1n) is 7.47. The molecule has 1 unspecified atom stereocenters. The third-order valence-electron chi connectivity index (χ3n) is 3.40. The Morgan fingerprint density at radius 1 is 1.20 bits per heavy atom. The summed E-state index contributed by atoms with van der Waals surface area (Å²) in [5.74, 6) is -1.75. The Balaban J connectivity index is 1.99. The standard InChI is InChI=1S/C17H18N2O6/c1-24-17(23)12-6-2-3-7-13(12)19-15(20)9-14(16(21)22)18-10-11-5-4-8-25-11/h2-8,14,18H,9-10H2,1H3,(H,19,20)(H,21,22). The zero-order chi connectivity index (χ0) is 18.2. The summed E-state index contributed by atoms with van der Waals surface area (Å²) < 4.78 is 9.76.